The molecule has 22 nitrogen and oxygen atoms in total. The van der Waals surface area contributed by atoms with Gasteiger partial charge in [-0.3, -0.25) is 24.0 Å². The summed E-state index contributed by atoms with van der Waals surface area (Å²) in [6, 6.07) is 19.7. The van der Waals surface area contributed by atoms with E-state index in [4.69, 9.17) is 32.8 Å². The molecule has 7 rings (SSSR count). The second kappa shape index (κ2) is 28.8. The molecule has 4 aliphatic rings. The van der Waals surface area contributed by atoms with Crippen LogP contribution < -0.4 is 26.7 Å². The summed E-state index contributed by atoms with van der Waals surface area (Å²) >= 11 is 0. The molecule has 4 atom stereocenters. The van der Waals surface area contributed by atoms with Crippen LogP contribution in [0.1, 0.15) is 85.6 Å². The van der Waals surface area contributed by atoms with E-state index in [1.54, 1.807) is 39.0 Å². The number of carbonyl (C=O) groups excluding carboxylic acids is 6. The van der Waals surface area contributed by atoms with E-state index in [-0.39, 0.29) is 71.6 Å². The predicted octanol–water partition coefficient (Wildman–Crippen LogP) is 5.18. The Kier molecular flexibility index (Phi) is 21.5. The fourth-order valence-electron chi connectivity index (χ4n) is 9.56. The molecule has 3 aromatic rings. The minimum atomic E-state index is -1.22. The Labute approximate surface area is 462 Å². The van der Waals surface area contributed by atoms with Crippen molar-refractivity contribution in [2.45, 2.75) is 89.6 Å². The first kappa shape index (κ1) is 59.7. The van der Waals surface area contributed by atoms with E-state index < -0.39 is 71.9 Å². The van der Waals surface area contributed by atoms with Crippen LogP contribution in [-0.4, -0.2) is 153 Å². The van der Waals surface area contributed by atoms with Crippen molar-refractivity contribution in [2.24, 2.45) is 5.92 Å². The van der Waals surface area contributed by atoms with E-state index in [1.165, 1.54) is 53.4 Å². The summed E-state index contributed by atoms with van der Waals surface area (Å²) < 4.78 is 39.1. The average Bonchev–Trinajstić information content (AvgIpc) is 3.89. The third kappa shape index (κ3) is 17.0. The van der Waals surface area contributed by atoms with Gasteiger partial charge in [0.05, 0.1) is 32.0 Å². The van der Waals surface area contributed by atoms with E-state index in [0.717, 1.165) is 5.56 Å². The van der Waals surface area contributed by atoms with Crippen molar-refractivity contribution in [3.8, 4) is 28.2 Å². The maximum absolute atomic E-state index is 14.2. The summed E-state index contributed by atoms with van der Waals surface area (Å²) in [7, 11) is 0. The second-order valence-electron chi connectivity index (χ2n) is 20.4. The van der Waals surface area contributed by atoms with Gasteiger partial charge in [-0.05, 0) is 113 Å². The van der Waals surface area contributed by atoms with Crippen molar-refractivity contribution in [3.63, 3.8) is 0 Å². The number of hydrogen-bond acceptors (Lipinski definition) is 16. The lowest BCUT2D eigenvalue weighted by Crippen LogP contribution is -2.56. The molecule has 2 saturated heterocycles. The van der Waals surface area contributed by atoms with Crippen LogP contribution in [0.15, 0.2) is 94.1 Å². The lowest BCUT2D eigenvalue weighted by Gasteiger charge is -2.33. The highest BCUT2D eigenvalue weighted by Gasteiger charge is 2.49. The molecule has 80 heavy (non-hydrogen) atoms. The molecule has 5 amide bonds. The molecule has 0 aromatic heterocycles. The minimum absolute atomic E-state index is 0.0119. The lowest BCUT2D eigenvalue weighted by molar-refractivity contribution is -0.164. The number of nitrogens with zero attached hydrogens (tertiary/aromatic N) is 1. The summed E-state index contributed by atoms with van der Waals surface area (Å²) in [5, 5.41) is 31.7. The highest BCUT2D eigenvalue weighted by atomic mass is 16.6. The van der Waals surface area contributed by atoms with E-state index in [1.807, 2.05) is 18.2 Å². The maximum Gasteiger partial charge on any atom is 0.408 e. The minimum Gasteiger partial charge on any atom is -0.508 e. The molecule has 3 unspecified atom stereocenters. The van der Waals surface area contributed by atoms with Gasteiger partial charge in [0.15, 0.2) is 5.43 Å². The van der Waals surface area contributed by atoms with Crippen molar-refractivity contribution in [2.75, 3.05) is 72.5 Å². The molecule has 0 bridgehead atoms. The predicted molar refractivity (Wildman–Crippen MR) is 290 cm³/mol. The molecule has 0 radical (unpaired) electrons. The van der Waals surface area contributed by atoms with Crippen molar-refractivity contribution in [3.05, 3.63) is 112 Å². The zero-order valence-electron chi connectivity index (χ0n) is 45.1. The van der Waals surface area contributed by atoms with Crippen LogP contribution in [0.3, 0.4) is 0 Å². The standard InChI is InChI=1S/C58H69N5O17/c1-58(2,3)80-56(72)46-20-14-39-13-11-38(52(54(69)63(39)46)62-57(73)78-33-36-9-5-4-6-10-36)32-61-50(67)35-77-34-49(66)59-21-7-23-74-25-27-76-28-26-75-24-8-22-60-53(68)37-12-17-42(55(70)71)45(29-37)51-43-18-15-40(64)30-47(43)79-48-31-41(65)16-19-44(48)51/h4-6,9-10,12,15-19,29-31,38-39,46,52,64H,7-8,11,13-14,20-28,32-35H2,1-3H3,(H,59,66)(H,60,68)(H,61,67)(H,62,73)(H,70,71)/t38?,39?,46-,52?/m0/s1. The molecule has 2 fully saturated rings. The largest absolute Gasteiger partial charge is 0.508 e. The van der Waals surface area contributed by atoms with Crippen LogP contribution in [0.2, 0.25) is 0 Å². The number of alkyl carbamates (subject to hydrolysis) is 1. The van der Waals surface area contributed by atoms with Crippen molar-refractivity contribution in [1.82, 2.24) is 26.2 Å². The molecule has 3 aromatic carbocycles. The Morgan fingerprint density at radius 3 is 2.09 bits per heavy atom. The SMILES string of the molecule is CC(C)(C)OC(=O)[C@@H]1CCC2CCC(CNC(=O)COCC(=O)NCCCOCCOCCOCCCNC(=O)c3ccc(C(=O)O)c(-c4c5ccc(=O)cc-5oc5cc(O)ccc45)c3)C(NC(=O)OCc3ccccc3)C(=O)N21. The summed E-state index contributed by atoms with van der Waals surface area (Å²) in [5.74, 6) is -3.99. The number of carbonyl (C=O) groups is 7. The summed E-state index contributed by atoms with van der Waals surface area (Å²) in [5.41, 5.74) is 1.17. The molecular weight excluding hydrogens is 1040 g/mol. The van der Waals surface area contributed by atoms with Gasteiger partial charge in [0, 0.05) is 79.0 Å². The van der Waals surface area contributed by atoms with Gasteiger partial charge < -0.3 is 69.2 Å². The van der Waals surface area contributed by atoms with Crippen molar-refractivity contribution in [1.29, 1.82) is 0 Å². The highest BCUT2D eigenvalue weighted by molar-refractivity contribution is 6.09. The van der Waals surface area contributed by atoms with Crippen molar-refractivity contribution < 1.29 is 76.6 Å². The third-order valence-corrected chi connectivity index (χ3v) is 13.3. The number of ether oxygens (including phenoxy) is 6. The number of fused-ring (bicyclic) bond motifs is 3. The number of phenols is 1. The van der Waals surface area contributed by atoms with E-state index >= 15 is 0 Å². The first-order chi connectivity index (χ1) is 38.4. The number of phenolic OH excluding ortho intramolecular Hbond substituents is 1. The molecule has 3 heterocycles. The van der Waals surface area contributed by atoms with Gasteiger partial charge in [-0.15, -0.1) is 0 Å². The molecular formula is C58H69N5O17. The monoisotopic (exact) mass is 1110 g/mol. The molecule has 428 valence electrons. The maximum atomic E-state index is 14.2. The fraction of sp³-hybridized carbons (Fsp3) is 0.448. The van der Waals surface area contributed by atoms with E-state index in [2.05, 4.69) is 21.3 Å². The number of esters is 1. The molecule has 0 spiro atoms. The number of nitrogens with one attached hydrogen (secondary N) is 4. The molecule has 0 saturated carbocycles. The van der Waals surface area contributed by atoms with Gasteiger partial charge >= 0.3 is 18.0 Å². The fourth-order valence-corrected chi connectivity index (χ4v) is 9.56. The van der Waals surface area contributed by atoms with Crippen LogP contribution in [0, 0.1) is 5.92 Å². The Balaban J connectivity index is 0.731. The van der Waals surface area contributed by atoms with Gasteiger partial charge in [-0.25, -0.2) is 14.4 Å². The van der Waals surface area contributed by atoms with Crippen LogP contribution in [0.5, 0.6) is 5.75 Å². The highest BCUT2D eigenvalue weighted by Crippen LogP contribution is 2.42. The van der Waals surface area contributed by atoms with Gasteiger partial charge in [-0.2, -0.15) is 0 Å². The van der Waals surface area contributed by atoms with E-state index in [0.29, 0.717) is 101 Å². The molecule has 6 N–H and O–H groups in total. The number of aromatic carboxylic acids is 1. The number of aromatic hydroxyl groups is 1. The quantitative estimate of drug-likeness (QED) is 0.0224. The van der Waals surface area contributed by atoms with Crippen LogP contribution in [0.4, 0.5) is 4.79 Å². The molecule has 1 aliphatic carbocycles. The summed E-state index contributed by atoms with van der Waals surface area (Å²) in [4.78, 5) is 105. The summed E-state index contributed by atoms with van der Waals surface area (Å²) in [6.07, 6.45) is 2.21. The number of rotatable bonds is 27. The molecule has 22 heteroatoms. The van der Waals surface area contributed by atoms with Gasteiger partial charge in [-0.1, -0.05) is 30.3 Å². The summed E-state index contributed by atoms with van der Waals surface area (Å²) in [6.45, 7) is 7.02. The van der Waals surface area contributed by atoms with Gasteiger partial charge in [0.2, 0.25) is 17.7 Å². The van der Waals surface area contributed by atoms with Crippen molar-refractivity contribution >= 4 is 52.6 Å². The van der Waals surface area contributed by atoms with Gasteiger partial charge in [0.1, 0.15) is 54.6 Å². The van der Waals surface area contributed by atoms with E-state index in [9.17, 15) is 48.6 Å². The zero-order valence-corrected chi connectivity index (χ0v) is 45.1. The van der Waals surface area contributed by atoms with Crippen LogP contribution in [0.25, 0.3) is 33.4 Å². The number of carboxylic acid groups (broad SMARTS) is 1. The molecule has 3 aliphatic heterocycles. The lowest BCUT2D eigenvalue weighted by atomic mass is 9.89. The number of benzene rings is 4. The average molecular weight is 1110 g/mol. The normalized spacial score (nSPS) is 17.1. The Morgan fingerprint density at radius 2 is 1.39 bits per heavy atom. The van der Waals surface area contributed by atoms with Crippen LogP contribution in [-0.2, 0) is 54.2 Å². The first-order valence-corrected chi connectivity index (χ1v) is 26.7. The van der Waals surface area contributed by atoms with Crippen LogP contribution >= 0.6 is 0 Å². The smallest absolute Gasteiger partial charge is 0.408 e. The number of hydrogen-bond donors (Lipinski definition) is 6. The Hall–Kier alpha value is -7.92. The second-order valence-corrected chi connectivity index (χ2v) is 20.4. The zero-order chi connectivity index (χ0) is 57.2. The first-order valence-electron chi connectivity index (χ1n) is 26.7. The number of carboxylic acids is 1. The Morgan fingerprint density at radius 1 is 0.713 bits per heavy atom. The Bertz CT molecular complexity index is 3000. The van der Waals surface area contributed by atoms with Gasteiger partial charge in [0.25, 0.3) is 5.91 Å². The number of amides is 5. The topological polar surface area (TPSA) is 297 Å². The third-order valence-electron chi connectivity index (χ3n) is 13.3.